The Labute approximate surface area is 115 Å². The highest BCUT2D eigenvalue weighted by molar-refractivity contribution is 7.15. The lowest BCUT2D eigenvalue weighted by atomic mass is 10.0. The number of nitriles is 1. The first-order valence-corrected chi connectivity index (χ1v) is 6.92. The van der Waals surface area contributed by atoms with Crippen LogP contribution < -0.4 is 0 Å². The van der Waals surface area contributed by atoms with Crippen LogP contribution in [0.25, 0.3) is 5.00 Å². The molecule has 0 amide bonds. The molecular weight excluding hydrogens is 258 g/mol. The highest BCUT2D eigenvalue weighted by Gasteiger charge is 2.24. The van der Waals surface area contributed by atoms with E-state index in [-0.39, 0.29) is 0 Å². The van der Waals surface area contributed by atoms with E-state index in [9.17, 15) is 10.1 Å². The summed E-state index contributed by atoms with van der Waals surface area (Å²) in [6.07, 6.45) is 3.57. The fourth-order valence-electron chi connectivity index (χ4n) is 2.48. The second-order valence-corrected chi connectivity index (χ2v) is 5.79. The van der Waals surface area contributed by atoms with Gasteiger partial charge in [-0.05, 0) is 31.2 Å². The van der Waals surface area contributed by atoms with Crippen LogP contribution >= 0.6 is 11.3 Å². The zero-order chi connectivity index (χ0) is 13.4. The molecule has 0 radical (unpaired) electrons. The molecule has 3 rings (SSSR count). The van der Waals surface area contributed by atoms with Crippen LogP contribution in [0.1, 0.15) is 26.5 Å². The van der Waals surface area contributed by atoms with Gasteiger partial charge < -0.3 is 9.47 Å². The van der Waals surface area contributed by atoms with Crippen molar-refractivity contribution in [2.24, 2.45) is 0 Å². The van der Waals surface area contributed by atoms with Crippen molar-refractivity contribution in [3.8, 4) is 11.1 Å². The Morgan fingerprint density at radius 1 is 1.53 bits per heavy atom. The number of likely N-dealkylation sites (N-methyl/N-ethyl adjacent to an activating group) is 1. The molecule has 0 fully saturated rings. The molecule has 2 aromatic heterocycles. The van der Waals surface area contributed by atoms with E-state index in [1.165, 1.54) is 4.88 Å². The van der Waals surface area contributed by atoms with Gasteiger partial charge in [0.2, 0.25) is 0 Å². The molecule has 0 saturated heterocycles. The van der Waals surface area contributed by atoms with Crippen molar-refractivity contribution in [2.75, 3.05) is 13.6 Å². The van der Waals surface area contributed by atoms with Crippen molar-refractivity contribution >= 4 is 17.6 Å². The molecule has 0 N–H and O–H groups in total. The molecule has 1 aliphatic rings. The van der Waals surface area contributed by atoms with Gasteiger partial charge in [-0.3, -0.25) is 4.79 Å². The Morgan fingerprint density at radius 2 is 2.37 bits per heavy atom. The van der Waals surface area contributed by atoms with Crippen molar-refractivity contribution in [3.05, 3.63) is 40.0 Å². The lowest BCUT2D eigenvalue weighted by molar-refractivity contribution is 0.111. The second-order valence-electron chi connectivity index (χ2n) is 4.70. The summed E-state index contributed by atoms with van der Waals surface area (Å²) in [7, 11) is 2.08. The van der Waals surface area contributed by atoms with Gasteiger partial charge in [0.1, 0.15) is 11.1 Å². The number of nitrogens with zero attached hydrogens (tertiary/aromatic N) is 3. The van der Waals surface area contributed by atoms with Gasteiger partial charge >= 0.3 is 0 Å². The number of fused-ring (bicyclic) bond motifs is 1. The van der Waals surface area contributed by atoms with Crippen LogP contribution in [0.15, 0.2) is 18.3 Å². The monoisotopic (exact) mass is 271 g/mol. The Hall–Kier alpha value is -1.90. The summed E-state index contributed by atoms with van der Waals surface area (Å²) in [6.45, 7) is 1.86. The third kappa shape index (κ3) is 1.89. The van der Waals surface area contributed by atoms with Crippen LogP contribution in [0.2, 0.25) is 0 Å². The van der Waals surface area contributed by atoms with E-state index in [2.05, 4.69) is 18.0 Å². The van der Waals surface area contributed by atoms with E-state index in [0.29, 0.717) is 5.69 Å². The van der Waals surface area contributed by atoms with E-state index in [4.69, 9.17) is 0 Å². The molecule has 0 bridgehead atoms. The molecule has 0 spiro atoms. The van der Waals surface area contributed by atoms with Gasteiger partial charge in [0, 0.05) is 24.2 Å². The van der Waals surface area contributed by atoms with Crippen molar-refractivity contribution in [2.45, 2.75) is 13.0 Å². The maximum absolute atomic E-state index is 11.0. The minimum Gasteiger partial charge on any atom is -0.304 e. The Kier molecular flexibility index (Phi) is 2.97. The molecule has 0 aliphatic carbocycles. The van der Waals surface area contributed by atoms with Gasteiger partial charge in [-0.2, -0.15) is 5.26 Å². The maximum Gasteiger partial charge on any atom is 0.166 e. The standard InChI is InChI=1S/C14H13N3OS/c1-16-6-4-11-12(7-15)14(19-13(11)8-16)17-5-2-3-10(17)9-18/h2-3,5,9H,4,6,8H2,1H3. The minimum absolute atomic E-state index is 0.587. The fourth-order valence-corrected chi connectivity index (χ4v) is 3.86. The molecule has 0 atom stereocenters. The molecule has 1 aliphatic heterocycles. The van der Waals surface area contributed by atoms with Crippen molar-refractivity contribution in [1.82, 2.24) is 9.47 Å². The average molecular weight is 271 g/mol. The molecule has 96 valence electrons. The molecule has 0 unspecified atom stereocenters. The van der Waals surface area contributed by atoms with Crippen LogP contribution in [0.5, 0.6) is 0 Å². The van der Waals surface area contributed by atoms with E-state index < -0.39 is 0 Å². The Bertz CT molecular complexity index is 677. The topological polar surface area (TPSA) is 49.0 Å². The molecule has 3 heterocycles. The molecule has 4 nitrogen and oxygen atoms in total. The lowest BCUT2D eigenvalue weighted by Gasteiger charge is -2.21. The number of aromatic nitrogens is 1. The van der Waals surface area contributed by atoms with Gasteiger partial charge in [-0.15, -0.1) is 11.3 Å². The molecular formula is C14H13N3OS. The van der Waals surface area contributed by atoms with Crippen LogP contribution in [0.3, 0.4) is 0 Å². The lowest BCUT2D eigenvalue weighted by Crippen LogP contribution is -2.25. The highest BCUT2D eigenvalue weighted by Crippen LogP contribution is 2.35. The van der Waals surface area contributed by atoms with Gasteiger partial charge in [0.25, 0.3) is 0 Å². The molecule has 0 saturated carbocycles. The smallest absolute Gasteiger partial charge is 0.166 e. The van der Waals surface area contributed by atoms with Gasteiger partial charge in [0.05, 0.1) is 11.3 Å². The summed E-state index contributed by atoms with van der Waals surface area (Å²) in [5.41, 5.74) is 2.47. The summed E-state index contributed by atoms with van der Waals surface area (Å²) >= 11 is 1.62. The van der Waals surface area contributed by atoms with E-state index >= 15 is 0 Å². The first-order chi connectivity index (χ1) is 9.24. The summed E-state index contributed by atoms with van der Waals surface area (Å²) in [4.78, 5) is 14.5. The zero-order valence-corrected chi connectivity index (χ0v) is 11.4. The number of hydrogen-bond donors (Lipinski definition) is 0. The summed E-state index contributed by atoms with van der Waals surface area (Å²) in [5, 5.41) is 10.3. The molecule has 5 heteroatoms. The molecule has 19 heavy (non-hydrogen) atoms. The van der Waals surface area contributed by atoms with E-state index in [1.54, 1.807) is 17.4 Å². The van der Waals surface area contributed by atoms with Crippen LogP contribution in [-0.2, 0) is 13.0 Å². The van der Waals surface area contributed by atoms with Gasteiger partial charge in [0.15, 0.2) is 6.29 Å². The predicted molar refractivity (Wildman–Crippen MR) is 73.8 cm³/mol. The first kappa shape index (κ1) is 12.2. The van der Waals surface area contributed by atoms with Gasteiger partial charge in [-0.25, -0.2) is 0 Å². The quantitative estimate of drug-likeness (QED) is 0.787. The van der Waals surface area contributed by atoms with Crippen LogP contribution in [0, 0.1) is 11.3 Å². The summed E-state index contributed by atoms with van der Waals surface area (Å²) in [5.74, 6) is 0. The van der Waals surface area contributed by atoms with E-state index in [0.717, 1.165) is 41.9 Å². The molecule has 0 aromatic carbocycles. The number of hydrogen-bond acceptors (Lipinski definition) is 4. The number of aldehydes is 1. The van der Waals surface area contributed by atoms with Crippen LogP contribution in [0.4, 0.5) is 0 Å². The number of thiophene rings is 1. The number of carbonyl (C=O) groups excluding carboxylic acids is 1. The van der Waals surface area contributed by atoms with Crippen LogP contribution in [-0.4, -0.2) is 29.3 Å². The fraction of sp³-hybridized carbons (Fsp3) is 0.286. The third-order valence-corrected chi connectivity index (χ3v) is 4.68. The van der Waals surface area contributed by atoms with Crippen molar-refractivity contribution in [1.29, 1.82) is 5.26 Å². The maximum atomic E-state index is 11.0. The zero-order valence-electron chi connectivity index (χ0n) is 10.6. The van der Waals surface area contributed by atoms with Gasteiger partial charge in [-0.1, -0.05) is 0 Å². The minimum atomic E-state index is 0.587. The summed E-state index contributed by atoms with van der Waals surface area (Å²) < 4.78 is 1.81. The summed E-state index contributed by atoms with van der Waals surface area (Å²) in [6, 6.07) is 5.91. The largest absolute Gasteiger partial charge is 0.304 e. The predicted octanol–water partition coefficient (Wildman–Crippen LogP) is 2.21. The highest BCUT2D eigenvalue weighted by atomic mass is 32.1. The Balaban J connectivity index is 2.18. The van der Waals surface area contributed by atoms with Crippen molar-refractivity contribution < 1.29 is 4.79 Å². The molecule has 2 aromatic rings. The number of carbonyl (C=O) groups is 1. The van der Waals surface area contributed by atoms with Crippen molar-refractivity contribution in [3.63, 3.8) is 0 Å². The SMILES string of the molecule is CN1CCc2c(sc(-n3cccc3C=O)c2C#N)C1. The first-order valence-electron chi connectivity index (χ1n) is 6.10. The second kappa shape index (κ2) is 4.65. The Morgan fingerprint density at radius 3 is 3.11 bits per heavy atom. The average Bonchev–Trinajstić information content (AvgIpc) is 3.00. The number of rotatable bonds is 2. The van der Waals surface area contributed by atoms with E-state index in [1.807, 2.05) is 16.8 Å². The third-order valence-electron chi connectivity index (χ3n) is 3.46. The normalized spacial score (nSPS) is 14.9.